The molecule has 3 aromatic rings. The van der Waals surface area contributed by atoms with Crippen molar-refractivity contribution in [3.8, 4) is 5.75 Å². The lowest BCUT2D eigenvalue weighted by Gasteiger charge is -2.36. The SMILES string of the molecule is Br.COc1ccccc1N1CCN(CCNc2nc3c(C)cccc3s2)CC1. The van der Waals surface area contributed by atoms with Crippen LogP contribution in [0.2, 0.25) is 0 Å². The summed E-state index contributed by atoms with van der Waals surface area (Å²) in [4.78, 5) is 9.66. The van der Waals surface area contributed by atoms with Gasteiger partial charge in [-0.2, -0.15) is 0 Å². The van der Waals surface area contributed by atoms with Crippen molar-refractivity contribution >= 4 is 49.4 Å². The summed E-state index contributed by atoms with van der Waals surface area (Å²) in [6.45, 7) is 8.27. The number of aryl methyl sites for hydroxylation is 1. The second kappa shape index (κ2) is 9.58. The Hall–Kier alpha value is -1.83. The van der Waals surface area contributed by atoms with Gasteiger partial charge in [-0.15, -0.1) is 17.0 Å². The van der Waals surface area contributed by atoms with Crippen molar-refractivity contribution in [2.24, 2.45) is 0 Å². The second-order valence-electron chi connectivity index (χ2n) is 6.87. The van der Waals surface area contributed by atoms with Gasteiger partial charge in [-0.25, -0.2) is 4.98 Å². The van der Waals surface area contributed by atoms with Crippen molar-refractivity contribution in [2.75, 3.05) is 56.6 Å². The molecule has 7 heteroatoms. The van der Waals surface area contributed by atoms with Gasteiger partial charge in [-0.05, 0) is 30.7 Å². The first-order chi connectivity index (χ1) is 13.2. The van der Waals surface area contributed by atoms with Crippen LogP contribution >= 0.6 is 28.3 Å². The molecule has 28 heavy (non-hydrogen) atoms. The van der Waals surface area contributed by atoms with Crippen molar-refractivity contribution in [2.45, 2.75) is 6.92 Å². The Labute approximate surface area is 181 Å². The van der Waals surface area contributed by atoms with E-state index in [0.29, 0.717) is 0 Å². The minimum Gasteiger partial charge on any atom is -0.495 e. The first-order valence-electron chi connectivity index (χ1n) is 9.45. The van der Waals surface area contributed by atoms with E-state index in [1.165, 1.54) is 16.0 Å². The number of rotatable bonds is 6. The zero-order chi connectivity index (χ0) is 18.6. The summed E-state index contributed by atoms with van der Waals surface area (Å²) in [5.74, 6) is 0.957. The van der Waals surface area contributed by atoms with Gasteiger partial charge in [0, 0.05) is 39.3 Å². The Morgan fingerprint density at radius 3 is 2.61 bits per heavy atom. The van der Waals surface area contributed by atoms with E-state index in [4.69, 9.17) is 9.72 Å². The number of benzene rings is 2. The van der Waals surface area contributed by atoms with Crippen molar-refractivity contribution in [1.82, 2.24) is 9.88 Å². The molecule has 0 atom stereocenters. The monoisotopic (exact) mass is 462 g/mol. The number of ether oxygens (including phenoxy) is 1. The Kier molecular flexibility index (Phi) is 7.15. The Morgan fingerprint density at radius 2 is 1.86 bits per heavy atom. The van der Waals surface area contributed by atoms with E-state index in [0.717, 1.165) is 55.7 Å². The number of anilines is 2. The summed E-state index contributed by atoms with van der Waals surface area (Å²) in [5, 5.41) is 4.52. The third-order valence-electron chi connectivity index (χ3n) is 5.12. The number of fused-ring (bicyclic) bond motifs is 1. The molecule has 1 aromatic heterocycles. The van der Waals surface area contributed by atoms with Crippen molar-refractivity contribution in [3.63, 3.8) is 0 Å². The zero-order valence-corrected chi connectivity index (χ0v) is 18.9. The lowest BCUT2D eigenvalue weighted by atomic mass is 10.2. The molecule has 0 spiro atoms. The zero-order valence-electron chi connectivity index (χ0n) is 16.4. The van der Waals surface area contributed by atoms with E-state index in [2.05, 4.69) is 52.4 Å². The Balaban J connectivity index is 0.00000225. The number of halogens is 1. The highest BCUT2D eigenvalue weighted by molar-refractivity contribution is 8.93. The number of aromatic nitrogens is 1. The molecule has 2 heterocycles. The van der Waals surface area contributed by atoms with Gasteiger partial charge in [0.05, 0.1) is 23.0 Å². The second-order valence-corrected chi connectivity index (χ2v) is 7.90. The molecule has 0 aliphatic carbocycles. The van der Waals surface area contributed by atoms with Gasteiger partial charge in [0.1, 0.15) is 5.75 Å². The summed E-state index contributed by atoms with van der Waals surface area (Å²) in [6.07, 6.45) is 0. The van der Waals surface area contributed by atoms with Gasteiger partial charge in [0.15, 0.2) is 5.13 Å². The molecule has 1 saturated heterocycles. The van der Waals surface area contributed by atoms with Crippen molar-refractivity contribution in [1.29, 1.82) is 0 Å². The fourth-order valence-electron chi connectivity index (χ4n) is 3.59. The van der Waals surface area contributed by atoms with E-state index < -0.39 is 0 Å². The number of para-hydroxylation sites is 3. The highest BCUT2D eigenvalue weighted by Crippen LogP contribution is 2.29. The number of piperazine rings is 1. The maximum absolute atomic E-state index is 5.50. The number of thiazole rings is 1. The third-order valence-corrected chi connectivity index (χ3v) is 6.10. The van der Waals surface area contributed by atoms with E-state index in [1.807, 2.05) is 12.1 Å². The number of hydrogen-bond acceptors (Lipinski definition) is 6. The Morgan fingerprint density at radius 1 is 1.07 bits per heavy atom. The number of hydrogen-bond donors (Lipinski definition) is 1. The number of nitrogens with zero attached hydrogens (tertiary/aromatic N) is 3. The molecule has 5 nitrogen and oxygen atoms in total. The van der Waals surface area contributed by atoms with Gasteiger partial charge < -0.3 is 15.0 Å². The Bertz CT molecular complexity index is 908. The van der Waals surface area contributed by atoms with Crippen LogP contribution < -0.4 is 15.0 Å². The molecule has 0 radical (unpaired) electrons. The van der Waals surface area contributed by atoms with Crippen LogP contribution in [0.1, 0.15) is 5.56 Å². The molecular weight excluding hydrogens is 436 g/mol. The van der Waals surface area contributed by atoms with Crippen LogP contribution in [0.3, 0.4) is 0 Å². The number of nitrogens with one attached hydrogen (secondary N) is 1. The quantitative estimate of drug-likeness (QED) is 0.586. The lowest BCUT2D eigenvalue weighted by molar-refractivity contribution is 0.266. The van der Waals surface area contributed by atoms with E-state index in [-0.39, 0.29) is 17.0 Å². The molecule has 1 aliphatic heterocycles. The van der Waals surface area contributed by atoms with Gasteiger partial charge >= 0.3 is 0 Å². The largest absolute Gasteiger partial charge is 0.495 e. The first-order valence-corrected chi connectivity index (χ1v) is 10.3. The average Bonchev–Trinajstić information content (AvgIpc) is 3.13. The summed E-state index contributed by atoms with van der Waals surface area (Å²) < 4.78 is 6.75. The fourth-order valence-corrected chi connectivity index (χ4v) is 4.56. The summed E-state index contributed by atoms with van der Waals surface area (Å²) in [6, 6.07) is 14.6. The minimum absolute atomic E-state index is 0. The van der Waals surface area contributed by atoms with Gasteiger partial charge in [0.25, 0.3) is 0 Å². The minimum atomic E-state index is 0. The molecule has 1 N–H and O–H groups in total. The van der Waals surface area contributed by atoms with Crippen LogP contribution in [0.25, 0.3) is 10.2 Å². The molecule has 1 fully saturated rings. The predicted molar refractivity (Wildman–Crippen MR) is 125 cm³/mol. The molecule has 0 unspecified atom stereocenters. The van der Waals surface area contributed by atoms with Crippen molar-refractivity contribution in [3.05, 3.63) is 48.0 Å². The van der Waals surface area contributed by atoms with Crippen molar-refractivity contribution < 1.29 is 4.74 Å². The third kappa shape index (κ3) is 4.59. The van der Waals surface area contributed by atoms with Crippen LogP contribution in [0.15, 0.2) is 42.5 Å². The normalized spacial score (nSPS) is 14.7. The summed E-state index contributed by atoms with van der Waals surface area (Å²) >= 11 is 1.74. The summed E-state index contributed by atoms with van der Waals surface area (Å²) in [5.41, 5.74) is 3.56. The molecule has 150 valence electrons. The maximum atomic E-state index is 5.50. The highest BCUT2D eigenvalue weighted by Gasteiger charge is 2.19. The summed E-state index contributed by atoms with van der Waals surface area (Å²) in [7, 11) is 1.74. The standard InChI is InChI=1S/C21H26N4OS.BrH/c1-16-6-5-9-19-20(16)23-21(27-19)22-10-11-24-12-14-25(15-13-24)17-7-3-4-8-18(17)26-2;/h3-9H,10-15H2,1-2H3,(H,22,23);1H. The molecule has 0 amide bonds. The van der Waals surface area contributed by atoms with Crippen LogP contribution in [-0.2, 0) is 0 Å². The predicted octanol–water partition coefficient (Wildman–Crippen LogP) is 4.43. The van der Waals surface area contributed by atoms with Gasteiger partial charge in [-0.3, -0.25) is 4.90 Å². The molecule has 4 rings (SSSR count). The maximum Gasteiger partial charge on any atom is 0.183 e. The van der Waals surface area contributed by atoms with E-state index in [9.17, 15) is 0 Å². The van der Waals surface area contributed by atoms with Gasteiger partial charge in [-0.1, -0.05) is 35.6 Å². The van der Waals surface area contributed by atoms with Crippen LogP contribution in [-0.4, -0.2) is 56.3 Å². The van der Waals surface area contributed by atoms with Crippen LogP contribution in [0, 0.1) is 6.92 Å². The molecule has 0 bridgehead atoms. The molecule has 1 aliphatic rings. The van der Waals surface area contributed by atoms with E-state index in [1.54, 1.807) is 18.4 Å². The average molecular weight is 463 g/mol. The van der Waals surface area contributed by atoms with Gasteiger partial charge in [0.2, 0.25) is 0 Å². The van der Waals surface area contributed by atoms with Crippen LogP contribution in [0.5, 0.6) is 5.75 Å². The number of methoxy groups -OCH3 is 1. The highest BCUT2D eigenvalue weighted by atomic mass is 79.9. The molecular formula is C21H27BrN4OS. The first kappa shape index (κ1) is 20.9. The smallest absolute Gasteiger partial charge is 0.183 e. The molecule has 2 aromatic carbocycles. The molecule has 0 saturated carbocycles. The van der Waals surface area contributed by atoms with E-state index >= 15 is 0 Å². The fraction of sp³-hybridized carbons (Fsp3) is 0.381. The lowest BCUT2D eigenvalue weighted by Crippen LogP contribution is -2.47. The topological polar surface area (TPSA) is 40.6 Å². The van der Waals surface area contributed by atoms with Crippen LogP contribution in [0.4, 0.5) is 10.8 Å².